The van der Waals surface area contributed by atoms with Crippen LogP contribution in [0.1, 0.15) is 27.3 Å². The van der Waals surface area contributed by atoms with E-state index in [2.05, 4.69) is 9.55 Å². The highest BCUT2D eigenvalue weighted by molar-refractivity contribution is 5.98. The number of aryl methyl sites for hydroxylation is 3. The second-order valence-corrected chi connectivity index (χ2v) is 8.21. The summed E-state index contributed by atoms with van der Waals surface area (Å²) in [4.78, 5) is 42.2. The molecule has 0 N–H and O–H groups in total. The van der Waals surface area contributed by atoms with Crippen molar-refractivity contribution in [2.75, 3.05) is 7.11 Å². The zero-order valence-electron chi connectivity index (χ0n) is 19.5. The average molecular weight is 450 g/mol. The normalized spacial score (nSPS) is 11.3. The third kappa shape index (κ3) is 3.90. The number of benzene rings is 1. The van der Waals surface area contributed by atoms with Gasteiger partial charge < -0.3 is 13.9 Å². The lowest BCUT2D eigenvalue weighted by atomic mass is 10.1. The average Bonchev–Trinajstić information content (AvgIpc) is 3.35. The molecule has 3 heterocycles. The monoisotopic (exact) mass is 449 g/mol. The molecule has 0 unspecified atom stereocenters. The SMILES string of the molecule is COc1ccc(CCn2c(C)cc(C(=O)Cn3cnc4c3c(=O)n(C)c(=O)n4C)c2C)cc1. The largest absolute Gasteiger partial charge is 0.497 e. The molecule has 0 saturated carbocycles. The van der Waals surface area contributed by atoms with Crippen LogP contribution in [-0.2, 0) is 33.6 Å². The van der Waals surface area contributed by atoms with Crippen LogP contribution in [0.25, 0.3) is 11.2 Å². The number of imidazole rings is 1. The van der Waals surface area contributed by atoms with Gasteiger partial charge in [-0.2, -0.15) is 0 Å². The molecule has 0 aliphatic carbocycles. The van der Waals surface area contributed by atoms with Gasteiger partial charge in [0.2, 0.25) is 0 Å². The van der Waals surface area contributed by atoms with E-state index in [0.717, 1.165) is 34.7 Å². The van der Waals surface area contributed by atoms with Crippen LogP contribution in [0.15, 0.2) is 46.2 Å². The van der Waals surface area contributed by atoms with E-state index in [0.29, 0.717) is 5.56 Å². The zero-order chi connectivity index (χ0) is 23.9. The predicted molar refractivity (Wildman–Crippen MR) is 125 cm³/mol. The van der Waals surface area contributed by atoms with Gasteiger partial charge in [0.25, 0.3) is 5.56 Å². The summed E-state index contributed by atoms with van der Waals surface area (Å²) in [5.41, 5.74) is 3.26. The molecule has 9 nitrogen and oxygen atoms in total. The van der Waals surface area contributed by atoms with E-state index in [4.69, 9.17) is 4.74 Å². The van der Waals surface area contributed by atoms with Crippen molar-refractivity contribution in [2.45, 2.75) is 33.4 Å². The Hall–Kier alpha value is -3.88. The minimum Gasteiger partial charge on any atom is -0.497 e. The van der Waals surface area contributed by atoms with Gasteiger partial charge in [-0.05, 0) is 44.0 Å². The fourth-order valence-corrected chi connectivity index (χ4v) is 4.22. The molecule has 4 aromatic rings. The van der Waals surface area contributed by atoms with Crippen molar-refractivity contribution in [1.29, 1.82) is 0 Å². The van der Waals surface area contributed by atoms with Crippen molar-refractivity contribution in [3.05, 3.63) is 80.0 Å². The Morgan fingerprint density at radius 2 is 1.76 bits per heavy atom. The highest BCUT2D eigenvalue weighted by atomic mass is 16.5. The number of methoxy groups -OCH3 is 1. The first kappa shape index (κ1) is 22.3. The molecule has 0 radical (unpaired) electrons. The molecule has 4 rings (SSSR count). The van der Waals surface area contributed by atoms with E-state index < -0.39 is 11.2 Å². The highest BCUT2D eigenvalue weighted by Crippen LogP contribution is 2.19. The first-order chi connectivity index (χ1) is 15.7. The van der Waals surface area contributed by atoms with E-state index in [1.165, 1.54) is 28.1 Å². The smallest absolute Gasteiger partial charge is 0.332 e. The number of fused-ring (bicyclic) bond motifs is 1. The highest BCUT2D eigenvalue weighted by Gasteiger charge is 2.20. The quantitative estimate of drug-likeness (QED) is 0.402. The molecular weight excluding hydrogens is 422 g/mol. The summed E-state index contributed by atoms with van der Waals surface area (Å²) in [6, 6.07) is 9.84. The van der Waals surface area contributed by atoms with E-state index in [1.54, 1.807) is 14.2 Å². The number of carbonyl (C=O) groups is 1. The summed E-state index contributed by atoms with van der Waals surface area (Å²) in [6.07, 6.45) is 2.26. The lowest BCUT2D eigenvalue weighted by Gasteiger charge is -2.11. The second kappa shape index (κ2) is 8.57. The number of ether oxygens (including phenoxy) is 1. The number of rotatable bonds is 7. The first-order valence-corrected chi connectivity index (χ1v) is 10.7. The second-order valence-electron chi connectivity index (χ2n) is 8.21. The van der Waals surface area contributed by atoms with Gasteiger partial charge in [-0.1, -0.05) is 12.1 Å². The maximum atomic E-state index is 13.2. The molecular formula is C24H27N5O4. The molecule has 0 bridgehead atoms. The van der Waals surface area contributed by atoms with Gasteiger partial charge in [-0.3, -0.25) is 18.7 Å². The fourth-order valence-electron chi connectivity index (χ4n) is 4.22. The van der Waals surface area contributed by atoms with Crippen molar-refractivity contribution in [3.8, 4) is 5.75 Å². The summed E-state index contributed by atoms with van der Waals surface area (Å²) in [6.45, 7) is 4.62. The van der Waals surface area contributed by atoms with E-state index in [1.807, 2.05) is 44.2 Å². The summed E-state index contributed by atoms with van der Waals surface area (Å²) >= 11 is 0. The minimum absolute atomic E-state index is 0.0350. The van der Waals surface area contributed by atoms with Gasteiger partial charge in [0.1, 0.15) is 5.75 Å². The molecule has 0 saturated heterocycles. The van der Waals surface area contributed by atoms with Crippen LogP contribution < -0.4 is 16.0 Å². The number of nitrogens with zero attached hydrogens (tertiary/aromatic N) is 5. The van der Waals surface area contributed by atoms with Gasteiger partial charge in [0.15, 0.2) is 16.9 Å². The first-order valence-electron chi connectivity index (χ1n) is 10.7. The predicted octanol–water partition coefficient (Wildman–Crippen LogP) is 1.99. The maximum absolute atomic E-state index is 13.2. The molecule has 0 amide bonds. The minimum atomic E-state index is -0.469. The Kier molecular flexibility index (Phi) is 5.80. The van der Waals surface area contributed by atoms with Crippen LogP contribution in [0.4, 0.5) is 0 Å². The molecule has 0 atom stereocenters. The number of Topliss-reactive ketones (excluding diaryl/α,β-unsaturated/α-hetero) is 1. The third-order valence-corrected chi connectivity index (χ3v) is 6.19. The molecule has 3 aromatic heterocycles. The zero-order valence-corrected chi connectivity index (χ0v) is 19.5. The Bertz CT molecular complexity index is 1470. The molecule has 0 spiro atoms. The maximum Gasteiger partial charge on any atom is 0.332 e. The summed E-state index contributed by atoms with van der Waals surface area (Å²) < 4.78 is 11.2. The van der Waals surface area contributed by atoms with Crippen LogP contribution in [-0.4, -0.2) is 36.1 Å². The summed E-state index contributed by atoms with van der Waals surface area (Å²) in [7, 11) is 4.62. The Labute approximate surface area is 190 Å². The molecule has 0 aliphatic heterocycles. The molecule has 1 aromatic carbocycles. The third-order valence-electron chi connectivity index (χ3n) is 6.19. The van der Waals surface area contributed by atoms with Gasteiger partial charge in [0, 0.05) is 37.6 Å². The summed E-state index contributed by atoms with van der Waals surface area (Å²) in [5, 5.41) is 0. The molecule has 33 heavy (non-hydrogen) atoms. The lowest BCUT2D eigenvalue weighted by Crippen LogP contribution is -2.37. The van der Waals surface area contributed by atoms with Crippen molar-refractivity contribution in [3.63, 3.8) is 0 Å². The van der Waals surface area contributed by atoms with Crippen LogP contribution in [0.2, 0.25) is 0 Å². The Balaban J connectivity index is 1.58. The number of hydrogen-bond acceptors (Lipinski definition) is 5. The summed E-state index contributed by atoms with van der Waals surface area (Å²) in [5.74, 6) is 0.705. The number of carbonyl (C=O) groups excluding carboxylic acids is 1. The van der Waals surface area contributed by atoms with E-state index >= 15 is 0 Å². The van der Waals surface area contributed by atoms with E-state index in [9.17, 15) is 14.4 Å². The molecule has 172 valence electrons. The van der Waals surface area contributed by atoms with Crippen LogP contribution >= 0.6 is 0 Å². The van der Waals surface area contributed by atoms with Crippen LogP contribution in [0.5, 0.6) is 5.75 Å². The van der Waals surface area contributed by atoms with Crippen LogP contribution in [0, 0.1) is 13.8 Å². The van der Waals surface area contributed by atoms with Gasteiger partial charge in [0.05, 0.1) is 20.0 Å². The lowest BCUT2D eigenvalue weighted by molar-refractivity contribution is 0.0972. The standard InChI is InChI=1S/C24H27N5O4/c1-15-12-19(16(2)29(15)11-10-17-6-8-18(33-5)9-7-17)20(30)13-28-14-25-22-21(28)23(31)27(4)24(32)26(22)3/h6-9,12,14H,10-11,13H2,1-5H3. The van der Waals surface area contributed by atoms with E-state index in [-0.39, 0.29) is 23.5 Å². The molecule has 0 aliphatic rings. The molecule has 9 heteroatoms. The number of hydrogen-bond donors (Lipinski definition) is 0. The van der Waals surface area contributed by atoms with Crippen molar-refractivity contribution >= 4 is 16.9 Å². The fraction of sp³-hybridized carbons (Fsp3) is 0.333. The Morgan fingerprint density at radius 1 is 1.06 bits per heavy atom. The van der Waals surface area contributed by atoms with Crippen molar-refractivity contribution in [2.24, 2.45) is 14.1 Å². The van der Waals surface area contributed by atoms with Gasteiger partial charge in [-0.25, -0.2) is 9.78 Å². The van der Waals surface area contributed by atoms with Crippen molar-refractivity contribution < 1.29 is 9.53 Å². The van der Waals surface area contributed by atoms with Crippen LogP contribution in [0.3, 0.4) is 0 Å². The number of aromatic nitrogens is 5. The Morgan fingerprint density at radius 3 is 2.42 bits per heavy atom. The number of ketones is 1. The van der Waals surface area contributed by atoms with Gasteiger partial charge >= 0.3 is 5.69 Å². The topological polar surface area (TPSA) is 93.1 Å². The van der Waals surface area contributed by atoms with Gasteiger partial charge in [-0.15, -0.1) is 0 Å². The molecule has 0 fully saturated rings. The van der Waals surface area contributed by atoms with Crippen molar-refractivity contribution in [1.82, 2.24) is 23.3 Å².